The number of imide groups is 1. The van der Waals surface area contributed by atoms with Crippen LogP contribution in [-0.2, 0) is 19.8 Å². The highest BCUT2D eigenvalue weighted by molar-refractivity contribution is 7.88. The predicted molar refractivity (Wildman–Crippen MR) is 62.8 cm³/mol. The Morgan fingerprint density at radius 2 is 2.00 bits per heavy atom. The minimum atomic E-state index is -4.26. The lowest BCUT2D eigenvalue weighted by Crippen LogP contribution is -2.67. The Hall–Kier alpha value is -2.21. The summed E-state index contributed by atoms with van der Waals surface area (Å²) in [7, 11) is -4.26. The van der Waals surface area contributed by atoms with Crippen LogP contribution in [0, 0.1) is 0 Å². The molecule has 1 saturated heterocycles. The van der Waals surface area contributed by atoms with Crippen molar-refractivity contribution >= 4 is 34.0 Å². The molecule has 0 aromatic heterocycles. The molecule has 0 spiro atoms. The number of ketones is 1. The van der Waals surface area contributed by atoms with Crippen LogP contribution in [0.15, 0.2) is 0 Å². The number of carbonyl (C=O) groups is 4. The molecule has 0 aliphatic carbocycles. The molecule has 1 aliphatic rings. The van der Waals surface area contributed by atoms with E-state index in [1.165, 1.54) is 4.72 Å². The van der Waals surface area contributed by atoms with Gasteiger partial charge >= 0.3 is 22.3 Å². The smallest absolute Gasteiger partial charge is 0.405 e. The molecule has 1 fully saturated rings. The van der Waals surface area contributed by atoms with Crippen LogP contribution in [0.3, 0.4) is 0 Å². The first-order chi connectivity index (χ1) is 9.12. The van der Waals surface area contributed by atoms with Crippen molar-refractivity contribution in [2.24, 2.45) is 0 Å². The van der Waals surface area contributed by atoms with Gasteiger partial charge in [-0.25, -0.2) is 14.3 Å². The monoisotopic (exact) mass is 308 g/mol. The highest BCUT2D eigenvalue weighted by Gasteiger charge is 2.42. The SMILES string of the molecule is CC(=O)CNS(=O)(=O)NC(=O)N1C[C@H](NC(=O)O)C1=O. The Kier molecular flexibility index (Phi) is 4.62. The minimum absolute atomic E-state index is 0.279. The lowest BCUT2D eigenvalue weighted by molar-refractivity contribution is -0.139. The molecule has 4 N–H and O–H groups in total. The first kappa shape index (κ1) is 15.8. The van der Waals surface area contributed by atoms with Gasteiger partial charge in [0.2, 0.25) is 0 Å². The van der Waals surface area contributed by atoms with Gasteiger partial charge < -0.3 is 10.4 Å². The molecule has 11 nitrogen and oxygen atoms in total. The maximum absolute atomic E-state index is 11.4. The zero-order chi connectivity index (χ0) is 15.5. The van der Waals surface area contributed by atoms with Gasteiger partial charge in [-0.3, -0.25) is 14.5 Å². The number of amides is 4. The second kappa shape index (κ2) is 5.83. The fourth-order valence-corrected chi connectivity index (χ4v) is 2.07. The molecule has 1 aliphatic heterocycles. The number of hydrogen-bond donors (Lipinski definition) is 4. The van der Waals surface area contributed by atoms with E-state index in [4.69, 9.17) is 5.11 Å². The van der Waals surface area contributed by atoms with Crippen LogP contribution in [0.1, 0.15) is 6.92 Å². The lowest BCUT2D eigenvalue weighted by atomic mass is 10.1. The molecule has 1 atom stereocenters. The number of likely N-dealkylation sites (tertiary alicyclic amines) is 1. The quantitative estimate of drug-likeness (QED) is 0.411. The third kappa shape index (κ3) is 4.17. The molecule has 4 amide bonds. The first-order valence-electron chi connectivity index (χ1n) is 5.24. The summed E-state index contributed by atoms with van der Waals surface area (Å²) in [6, 6.07) is -2.30. The fourth-order valence-electron chi connectivity index (χ4n) is 1.27. The zero-order valence-electron chi connectivity index (χ0n) is 10.2. The van der Waals surface area contributed by atoms with Crippen molar-refractivity contribution in [1.82, 2.24) is 19.7 Å². The normalized spacial score (nSPS) is 18.1. The van der Waals surface area contributed by atoms with Gasteiger partial charge in [0.1, 0.15) is 11.8 Å². The second-order valence-electron chi connectivity index (χ2n) is 3.88. The van der Waals surface area contributed by atoms with E-state index in [0.29, 0.717) is 4.90 Å². The first-order valence-corrected chi connectivity index (χ1v) is 6.72. The van der Waals surface area contributed by atoms with E-state index in [1.807, 2.05) is 5.32 Å². The summed E-state index contributed by atoms with van der Waals surface area (Å²) in [5.74, 6) is -1.33. The molecule has 1 rings (SSSR count). The topological polar surface area (TPSA) is 162 Å². The molecule has 0 radical (unpaired) electrons. The largest absolute Gasteiger partial charge is 0.465 e. The molecule has 0 aromatic carbocycles. The average molecular weight is 308 g/mol. The maximum atomic E-state index is 11.4. The van der Waals surface area contributed by atoms with Crippen molar-refractivity contribution in [1.29, 1.82) is 0 Å². The number of β-lactam (4-membered cyclic amide) rings is 1. The highest BCUT2D eigenvalue weighted by atomic mass is 32.2. The zero-order valence-corrected chi connectivity index (χ0v) is 11.1. The van der Waals surface area contributed by atoms with Crippen molar-refractivity contribution < 1.29 is 32.7 Å². The predicted octanol–water partition coefficient (Wildman–Crippen LogP) is -2.40. The molecular formula is C8H12N4O7S. The number of Topliss-reactive ketones (excluding diaryl/α,β-unsaturated/α-hetero) is 1. The van der Waals surface area contributed by atoms with E-state index < -0.39 is 46.6 Å². The summed E-state index contributed by atoms with van der Waals surface area (Å²) in [5.41, 5.74) is 0. The Bertz CT molecular complexity index is 557. The van der Waals surface area contributed by atoms with Gasteiger partial charge in [0, 0.05) is 0 Å². The number of carboxylic acid groups (broad SMARTS) is 1. The van der Waals surface area contributed by atoms with Crippen molar-refractivity contribution in [3.8, 4) is 0 Å². The van der Waals surface area contributed by atoms with E-state index in [9.17, 15) is 27.6 Å². The highest BCUT2D eigenvalue weighted by Crippen LogP contribution is 2.10. The fraction of sp³-hybridized carbons (Fsp3) is 0.500. The van der Waals surface area contributed by atoms with E-state index in [0.717, 1.165) is 6.92 Å². The Labute approximate surface area is 113 Å². The summed E-state index contributed by atoms with van der Waals surface area (Å²) >= 11 is 0. The second-order valence-corrected chi connectivity index (χ2v) is 5.38. The van der Waals surface area contributed by atoms with Gasteiger partial charge in [-0.1, -0.05) is 0 Å². The van der Waals surface area contributed by atoms with Crippen LogP contribution >= 0.6 is 0 Å². The van der Waals surface area contributed by atoms with Crippen molar-refractivity contribution in [3.63, 3.8) is 0 Å². The third-order valence-electron chi connectivity index (χ3n) is 2.20. The number of nitrogens with one attached hydrogen (secondary N) is 3. The Balaban J connectivity index is 2.51. The maximum Gasteiger partial charge on any atom is 0.405 e. The van der Waals surface area contributed by atoms with Gasteiger partial charge in [0.25, 0.3) is 5.91 Å². The van der Waals surface area contributed by atoms with Crippen molar-refractivity contribution in [2.45, 2.75) is 13.0 Å². The van der Waals surface area contributed by atoms with Crippen LogP contribution in [0.25, 0.3) is 0 Å². The standard InChI is InChI=1S/C8H12N4O7S/c1-4(13)2-9-20(18,19)11-7(15)12-3-5(6(12)14)10-8(16)17/h5,9-10H,2-3H2,1H3,(H,11,15)(H,16,17)/t5-/m0/s1. The summed E-state index contributed by atoms with van der Waals surface area (Å²) in [6.07, 6.45) is -1.43. The average Bonchev–Trinajstić information content (AvgIpc) is 2.30. The number of urea groups is 1. The van der Waals surface area contributed by atoms with Crippen LogP contribution in [0.5, 0.6) is 0 Å². The lowest BCUT2D eigenvalue weighted by Gasteiger charge is -2.35. The Morgan fingerprint density at radius 3 is 2.45 bits per heavy atom. The molecule has 12 heteroatoms. The minimum Gasteiger partial charge on any atom is -0.465 e. The molecular weight excluding hydrogens is 296 g/mol. The molecule has 20 heavy (non-hydrogen) atoms. The summed E-state index contributed by atoms with van der Waals surface area (Å²) in [5, 5.41) is 10.2. The molecule has 112 valence electrons. The van der Waals surface area contributed by atoms with Gasteiger partial charge in [0.15, 0.2) is 0 Å². The summed E-state index contributed by atoms with van der Waals surface area (Å²) in [4.78, 5) is 44.2. The van der Waals surface area contributed by atoms with Crippen LogP contribution < -0.4 is 14.8 Å². The van der Waals surface area contributed by atoms with Crippen molar-refractivity contribution in [3.05, 3.63) is 0 Å². The number of hydrogen-bond acceptors (Lipinski definition) is 6. The molecule has 0 bridgehead atoms. The Morgan fingerprint density at radius 1 is 1.40 bits per heavy atom. The van der Waals surface area contributed by atoms with Gasteiger partial charge in [0.05, 0.1) is 13.1 Å². The number of carbonyl (C=O) groups excluding carboxylic acids is 3. The van der Waals surface area contributed by atoms with Crippen LogP contribution in [0.4, 0.5) is 9.59 Å². The van der Waals surface area contributed by atoms with Crippen LogP contribution in [-0.4, -0.2) is 61.4 Å². The van der Waals surface area contributed by atoms with E-state index in [-0.39, 0.29) is 6.54 Å². The molecule has 1 heterocycles. The van der Waals surface area contributed by atoms with Crippen molar-refractivity contribution in [2.75, 3.05) is 13.1 Å². The summed E-state index contributed by atoms with van der Waals surface area (Å²) < 4.78 is 25.9. The molecule has 0 saturated carbocycles. The van der Waals surface area contributed by atoms with E-state index in [1.54, 1.807) is 4.72 Å². The molecule has 0 unspecified atom stereocenters. The van der Waals surface area contributed by atoms with E-state index >= 15 is 0 Å². The van der Waals surface area contributed by atoms with Crippen LogP contribution in [0.2, 0.25) is 0 Å². The molecule has 0 aromatic rings. The summed E-state index contributed by atoms with van der Waals surface area (Å²) in [6.45, 7) is 0.365. The van der Waals surface area contributed by atoms with E-state index in [2.05, 4.69) is 0 Å². The third-order valence-corrected chi connectivity index (χ3v) is 3.17. The van der Waals surface area contributed by atoms with Gasteiger partial charge in [-0.15, -0.1) is 0 Å². The number of rotatable bonds is 5. The van der Waals surface area contributed by atoms with Gasteiger partial charge in [-0.05, 0) is 6.92 Å². The van der Waals surface area contributed by atoms with Gasteiger partial charge in [-0.2, -0.15) is 13.1 Å². The number of nitrogens with zero attached hydrogens (tertiary/aromatic N) is 1.